The summed E-state index contributed by atoms with van der Waals surface area (Å²) in [7, 11) is 1.89. The standard InChI is InChI=1S/C16H21N3O2/c1-16(2,3)18-14(20)9-17-15(21)12-10-19(4)13-8-6-5-7-11(12)13/h5-8,10H,9H2,1-4H3,(H,17,21)(H,18,20). The topological polar surface area (TPSA) is 63.1 Å². The summed E-state index contributed by atoms with van der Waals surface area (Å²) in [5.41, 5.74) is 1.26. The fourth-order valence-electron chi connectivity index (χ4n) is 2.24. The van der Waals surface area contributed by atoms with E-state index in [-0.39, 0.29) is 23.9 Å². The van der Waals surface area contributed by atoms with E-state index in [1.165, 1.54) is 0 Å². The molecule has 0 saturated carbocycles. The molecule has 0 bridgehead atoms. The Hall–Kier alpha value is -2.30. The van der Waals surface area contributed by atoms with Crippen LogP contribution in [0.4, 0.5) is 0 Å². The number of fused-ring (bicyclic) bond motifs is 1. The zero-order valence-electron chi connectivity index (χ0n) is 12.9. The number of aromatic nitrogens is 1. The van der Waals surface area contributed by atoms with Crippen molar-refractivity contribution in [2.45, 2.75) is 26.3 Å². The average molecular weight is 287 g/mol. The molecule has 1 heterocycles. The highest BCUT2D eigenvalue weighted by molar-refractivity contribution is 6.07. The molecule has 0 fully saturated rings. The molecule has 2 rings (SSSR count). The van der Waals surface area contributed by atoms with Crippen molar-refractivity contribution in [2.24, 2.45) is 7.05 Å². The summed E-state index contributed by atoms with van der Waals surface area (Å²) in [6.07, 6.45) is 1.78. The number of para-hydroxylation sites is 1. The molecule has 5 nitrogen and oxygen atoms in total. The second-order valence-corrected chi connectivity index (χ2v) is 6.15. The molecule has 0 unspecified atom stereocenters. The minimum Gasteiger partial charge on any atom is -0.350 e. The first-order valence-electron chi connectivity index (χ1n) is 6.91. The van der Waals surface area contributed by atoms with Crippen LogP contribution in [0.25, 0.3) is 10.9 Å². The maximum Gasteiger partial charge on any atom is 0.253 e. The quantitative estimate of drug-likeness (QED) is 0.904. The van der Waals surface area contributed by atoms with E-state index in [0.29, 0.717) is 5.56 Å². The van der Waals surface area contributed by atoms with E-state index in [1.54, 1.807) is 6.20 Å². The normalized spacial score (nSPS) is 11.4. The molecule has 0 radical (unpaired) electrons. The molecule has 2 N–H and O–H groups in total. The first kappa shape index (κ1) is 15.1. The zero-order chi connectivity index (χ0) is 15.6. The summed E-state index contributed by atoms with van der Waals surface area (Å²) < 4.78 is 1.90. The van der Waals surface area contributed by atoms with Crippen LogP contribution in [0.5, 0.6) is 0 Å². The van der Waals surface area contributed by atoms with Crippen molar-refractivity contribution >= 4 is 22.7 Å². The fraction of sp³-hybridized carbons (Fsp3) is 0.375. The molecule has 2 amide bonds. The molecule has 1 aromatic heterocycles. The van der Waals surface area contributed by atoms with Crippen LogP contribution in [0.1, 0.15) is 31.1 Å². The second kappa shape index (κ2) is 5.60. The Kier molecular flexibility index (Phi) is 4.02. The van der Waals surface area contributed by atoms with E-state index >= 15 is 0 Å². The lowest BCUT2D eigenvalue weighted by Gasteiger charge is -2.20. The molecule has 0 atom stereocenters. The summed E-state index contributed by atoms with van der Waals surface area (Å²) in [6.45, 7) is 5.67. The lowest BCUT2D eigenvalue weighted by atomic mass is 10.1. The van der Waals surface area contributed by atoms with Gasteiger partial charge in [0.2, 0.25) is 5.91 Å². The largest absolute Gasteiger partial charge is 0.350 e. The Morgan fingerprint density at radius 3 is 2.52 bits per heavy atom. The lowest BCUT2D eigenvalue weighted by Crippen LogP contribution is -2.45. The van der Waals surface area contributed by atoms with Crippen LogP contribution in [0, 0.1) is 0 Å². The number of carbonyl (C=O) groups excluding carboxylic acids is 2. The first-order chi connectivity index (χ1) is 9.78. The molecule has 2 aromatic rings. The van der Waals surface area contributed by atoms with Gasteiger partial charge in [0, 0.05) is 29.7 Å². The van der Waals surface area contributed by atoms with E-state index in [0.717, 1.165) is 10.9 Å². The van der Waals surface area contributed by atoms with E-state index < -0.39 is 0 Å². The van der Waals surface area contributed by atoms with Gasteiger partial charge in [0.05, 0.1) is 12.1 Å². The Morgan fingerprint density at radius 2 is 1.86 bits per heavy atom. The van der Waals surface area contributed by atoms with Crippen molar-refractivity contribution in [1.82, 2.24) is 15.2 Å². The van der Waals surface area contributed by atoms with Crippen molar-refractivity contribution in [2.75, 3.05) is 6.54 Å². The van der Waals surface area contributed by atoms with Crippen molar-refractivity contribution in [3.05, 3.63) is 36.0 Å². The molecule has 0 spiro atoms. The Bertz CT molecular complexity index is 680. The van der Waals surface area contributed by atoms with Gasteiger partial charge in [-0.2, -0.15) is 0 Å². The Labute approximate surface area is 124 Å². The van der Waals surface area contributed by atoms with Crippen LogP contribution in [-0.2, 0) is 11.8 Å². The zero-order valence-corrected chi connectivity index (χ0v) is 12.9. The van der Waals surface area contributed by atoms with Crippen LogP contribution in [0.15, 0.2) is 30.5 Å². The second-order valence-electron chi connectivity index (χ2n) is 6.15. The molecule has 0 saturated heterocycles. The number of nitrogens with one attached hydrogen (secondary N) is 2. The summed E-state index contributed by atoms with van der Waals surface area (Å²) in [5.74, 6) is -0.438. The van der Waals surface area contributed by atoms with Crippen LogP contribution in [-0.4, -0.2) is 28.5 Å². The summed E-state index contributed by atoms with van der Waals surface area (Å²) in [5, 5.41) is 6.36. The summed E-state index contributed by atoms with van der Waals surface area (Å²) in [4.78, 5) is 24.0. The number of hydrogen-bond acceptors (Lipinski definition) is 2. The molecular formula is C16H21N3O2. The maximum absolute atomic E-state index is 12.2. The molecule has 21 heavy (non-hydrogen) atoms. The number of carbonyl (C=O) groups is 2. The van der Waals surface area contributed by atoms with Crippen molar-refractivity contribution in [3.8, 4) is 0 Å². The Balaban J connectivity index is 2.08. The van der Waals surface area contributed by atoms with Crippen LogP contribution in [0.3, 0.4) is 0 Å². The highest BCUT2D eigenvalue weighted by Gasteiger charge is 2.17. The third kappa shape index (κ3) is 3.62. The molecule has 112 valence electrons. The number of benzene rings is 1. The average Bonchev–Trinajstić information content (AvgIpc) is 2.72. The van der Waals surface area contributed by atoms with E-state index in [4.69, 9.17) is 0 Å². The van der Waals surface area contributed by atoms with E-state index in [9.17, 15) is 9.59 Å². The summed E-state index contributed by atoms with van der Waals surface area (Å²) >= 11 is 0. The molecule has 0 aliphatic heterocycles. The van der Waals surface area contributed by atoms with E-state index in [2.05, 4.69) is 10.6 Å². The van der Waals surface area contributed by atoms with Gasteiger partial charge in [-0.1, -0.05) is 18.2 Å². The van der Waals surface area contributed by atoms with Gasteiger partial charge >= 0.3 is 0 Å². The number of rotatable bonds is 3. The molecular weight excluding hydrogens is 266 g/mol. The van der Waals surface area contributed by atoms with Crippen LogP contribution in [0.2, 0.25) is 0 Å². The highest BCUT2D eigenvalue weighted by Crippen LogP contribution is 2.19. The fourth-order valence-corrected chi connectivity index (χ4v) is 2.24. The van der Waals surface area contributed by atoms with Crippen molar-refractivity contribution < 1.29 is 9.59 Å². The predicted molar refractivity (Wildman–Crippen MR) is 83.1 cm³/mol. The number of nitrogens with zero attached hydrogens (tertiary/aromatic N) is 1. The third-order valence-electron chi connectivity index (χ3n) is 3.07. The van der Waals surface area contributed by atoms with E-state index in [1.807, 2.05) is 56.7 Å². The molecule has 0 aliphatic carbocycles. The van der Waals surface area contributed by atoms with Gasteiger partial charge in [-0.3, -0.25) is 9.59 Å². The lowest BCUT2D eigenvalue weighted by molar-refractivity contribution is -0.121. The SMILES string of the molecule is Cn1cc(C(=O)NCC(=O)NC(C)(C)C)c2ccccc21. The van der Waals surface area contributed by atoms with Gasteiger partial charge in [-0.25, -0.2) is 0 Å². The van der Waals surface area contributed by atoms with Gasteiger partial charge in [-0.05, 0) is 26.8 Å². The third-order valence-corrected chi connectivity index (χ3v) is 3.07. The van der Waals surface area contributed by atoms with Crippen LogP contribution >= 0.6 is 0 Å². The van der Waals surface area contributed by atoms with Gasteiger partial charge in [-0.15, -0.1) is 0 Å². The maximum atomic E-state index is 12.2. The summed E-state index contributed by atoms with van der Waals surface area (Å²) in [6, 6.07) is 7.68. The monoisotopic (exact) mass is 287 g/mol. The minimum atomic E-state index is -0.304. The van der Waals surface area contributed by atoms with Gasteiger partial charge in [0.1, 0.15) is 0 Å². The number of aryl methyl sites for hydroxylation is 1. The van der Waals surface area contributed by atoms with Gasteiger partial charge < -0.3 is 15.2 Å². The van der Waals surface area contributed by atoms with Crippen molar-refractivity contribution in [1.29, 1.82) is 0 Å². The smallest absolute Gasteiger partial charge is 0.253 e. The Morgan fingerprint density at radius 1 is 1.19 bits per heavy atom. The number of amides is 2. The predicted octanol–water partition coefficient (Wildman–Crippen LogP) is 1.82. The highest BCUT2D eigenvalue weighted by atomic mass is 16.2. The molecule has 5 heteroatoms. The number of hydrogen-bond donors (Lipinski definition) is 2. The van der Waals surface area contributed by atoms with Gasteiger partial charge in [0.25, 0.3) is 5.91 Å². The van der Waals surface area contributed by atoms with Crippen LogP contribution < -0.4 is 10.6 Å². The van der Waals surface area contributed by atoms with Gasteiger partial charge in [0.15, 0.2) is 0 Å². The molecule has 0 aliphatic rings. The van der Waals surface area contributed by atoms with Crippen molar-refractivity contribution in [3.63, 3.8) is 0 Å². The molecule has 1 aromatic carbocycles. The minimum absolute atomic E-state index is 0.0284. The first-order valence-corrected chi connectivity index (χ1v) is 6.91.